The van der Waals surface area contributed by atoms with Crippen LogP contribution in [0, 0.1) is 6.92 Å². The zero-order valence-corrected chi connectivity index (χ0v) is 14.4. The number of thiocarbonyl (C=S) groups is 1. The molecular formula is C18H21N3OS. The molecule has 1 aromatic carbocycles. The molecule has 0 unspecified atom stereocenters. The summed E-state index contributed by atoms with van der Waals surface area (Å²) in [5, 5.41) is 7.13. The van der Waals surface area contributed by atoms with E-state index in [9.17, 15) is 0 Å². The van der Waals surface area contributed by atoms with Gasteiger partial charge in [0.25, 0.3) is 0 Å². The highest BCUT2D eigenvalue weighted by molar-refractivity contribution is 7.80. The largest absolute Gasteiger partial charge is 0.487 e. The number of fused-ring (bicyclic) bond motifs is 1. The lowest BCUT2D eigenvalue weighted by molar-refractivity contribution is 0.0697. The first-order valence-corrected chi connectivity index (χ1v) is 8.13. The molecule has 0 saturated heterocycles. The van der Waals surface area contributed by atoms with Crippen molar-refractivity contribution in [3.63, 3.8) is 0 Å². The van der Waals surface area contributed by atoms with Crippen LogP contribution in [0.1, 0.15) is 37.6 Å². The number of benzene rings is 1. The molecule has 2 heterocycles. The highest BCUT2D eigenvalue weighted by Gasteiger charge is 2.33. The summed E-state index contributed by atoms with van der Waals surface area (Å²) >= 11 is 5.46. The first-order valence-electron chi connectivity index (χ1n) is 7.72. The van der Waals surface area contributed by atoms with Crippen molar-refractivity contribution in [2.24, 2.45) is 0 Å². The van der Waals surface area contributed by atoms with Crippen LogP contribution < -0.4 is 15.4 Å². The summed E-state index contributed by atoms with van der Waals surface area (Å²) in [5.41, 5.74) is 1.85. The SMILES string of the molecule is Cc1cccc(NC(=S)N[C@H]2CC(C)(C)Oc3ccccc32)n1. The number of rotatable bonds is 2. The topological polar surface area (TPSA) is 46.2 Å². The molecule has 1 aromatic heterocycles. The molecular weight excluding hydrogens is 306 g/mol. The van der Waals surface area contributed by atoms with Crippen LogP contribution >= 0.6 is 12.2 Å². The van der Waals surface area contributed by atoms with Gasteiger partial charge in [-0.2, -0.15) is 0 Å². The molecule has 1 atom stereocenters. The van der Waals surface area contributed by atoms with Crippen LogP contribution in [0.4, 0.5) is 5.82 Å². The monoisotopic (exact) mass is 327 g/mol. The Labute approximate surface area is 142 Å². The van der Waals surface area contributed by atoms with Gasteiger partial charge in [0.15, 0.2) is 5.11 Å². The standard InChI is InChI=1S/C18H21N3OS/c1-12-7-6-10-16(19-12)21-17(23)20-14-11-18(2,3)22-15-9-5-4-8-13(14)15/h4-10,14H,11H2,1-3H3,(H2,19,20,21,23)/t14-/m0/s1. The Hall–Kier alpha value is -2.14. The molecule has 1 aliphatic rings. The quantitative estimate of drug-likeness (QED) is 0.817. The van der Waals surface area contributed by atoms with Crippen molar-refractivity contribution in [1.82, 2.24) is 10.3 Å². The van der Waals surface area contributed by atoms with E-state index in [4.69, 9.17) is 17.0 Å². The Morgan fingerprint density at radius 1 is 1.22 bits per heavy atom. The molecule has 0 radical (unpaired) electrons. The van der Waals surface area contributed by atoms with Crippen molar-refractivity contribution in [1.29, 1.82) is 0 Å². The van der Waals surface area contributed by atoms with Crippen molar-refractivity contribution in [3.05, 3.63) is 53.7 Å². The second kappa shape index (κ2) is 6.16. The number of aromatic nitrogens is 1. The van der Waals surface area contributed by atoms with Crippen LogP contribution in [0.25, 0.3) is 0 Å². The predicted octanol–water partition coefficient (Wildman–Crippen LogP) is 3.98. The number of pyridine rings is 1. The number of anilines is 1. The molecule has 0 aliphatic carbocycles. The summed E-state index contributed by atoms with van der Waals surface area (Å²) in [4.78, 5) is 4.42. The lowest BCUT2D eigenvalue weighted by Crippen LogP contribution is -2.42. The van der Waals surface area contributed by atoms with Gasteiger partial charge in [-0.05, 0) is 51.2 Å². The van der Waals surface area contributed by atoms with E-state index in [1.807, 2.05) is 43.3 Å². The predicted molar refractivity (Wildman–Crippen MR) is 96.8 cm³/mol. The number of hydrogen-bond donors (Lipinski definition) is 2. The summed E-state index contributed by atoms with van der Waals surface area (Å²) in [7, 11) is 0. The van der Waals surface area contributed by atoms with Gasteiger partial charge in [-0.1, -0.05) is 24.3 Å². The number of hydrogen-bond acceptors (Lipinski definition) is 3. The van der Waals surface area contributed by atoms with Crippen molar-refractivity contribution < 1.29 is 4.74 Å². The fourth-order valence-corrected chi connectivity index (χ4v) is 3.10. The van der Waals surface area contributed by atoms with Gasteiger partial charge < -0.3 is 15.4 Å². The van der Waals surface area contributed by atoms with Gasteiger partial charge in [-0.25, -0.2) is 4.98 Å². The third kappa shape index (κ3) is 3.79. The minimum atomic E-state index is -0.233. The van der Waals surface area contributed by atoms with Gasteiger partial charge in [0, 0.05) is 17.7 Å². The molecule has 0 bridgehead atoms. The normalized spacial score (nSPS) is 18.5. The molecule has 3 rings (SSSR count). The summed E-state index contributed by atoms with van der Waals surface area (Å²) < 4.78 is 6.05. The number of para-hydroxylation sites is 1. The Morgan fingerprint density at radius 2 is 2.00 bits per heavy atom. The summed E-state index contributed by atoms with van der Waals surface area (Å²) in [5.74, 6) is 1.67. The van der Waals surface area contributed by atoms with Crippen molar-refractivity contribution in [2.75, 3.05) is 5.32 Å². The Morgan fingerprint density at radius 3 is 2.78 bits per heavy atom. The Balaban J connectivity index is 1.75. The molecule has 1 aliphatic heterocycles. The van der Waals surface area contributed by atoms with E-state index >= 15 is 0 Å². The maximum atomic E-state index is 6.05. The average Bonchev–Trinajstić information content (AvgIpc) is 2.46. The fraction of sp³-hybridized carbons (Fsp3) is 0.333. The van der Waals surface area contributed by atoms with Crippen LogP contribution in [0.2, 0.25) is 0 Å². The van der Waals surface area contributed by atoms with Crippen LogP contribution in [-0.4, -0.2) is 15.7 Å². The number of nitrogens with zero attached hydrogens (tertiary/aromatic N) is 1. The second-order valence-corrected chi connectivity index (χ2v) is 6.83. The minimum Gasteiger partial charge on any atom is -0.487 e. The van der Waals surface area contributed by atoms with Crippen molar-refractivity contribution in [2.45, 2.75) is 38.8 Å². The number of ether oxygens (including phenoxy) is 1. The van der Waals surface area contributed by atoms with Gasteiger partial charge in [-0.15, -0.1) is 0 Å². The Bertz CT molecular complexity index is 730. The van der Waals surface area contributed by atoms with Gasteiger partial charge in [0.1, 0.15) is 17.2 Å². The van der Waals surface area contributed by atoms with Crippen molar-refractivity contribution in [3.8, 4) is 5.75 Å². The van der Waals surface area contributed by atoms with Crippen molar-refractivity contribution >= 4 is 23.1 Å². The molecule has 5 heteroatoms. The van der Waals surface area contributed by atoms with Gasteiger partial charge in [-0.3, -0.25) is 0 Å². The lowest BCUT2D eigenvalue weighted by Gasteiger charge is -2.38. The molecule has 0 spiro atoms. The van der Waals surface area contributed by atoms with Crippen LogP contribution in [0.3, 0.4) is 0 Å². The number of nitrogens with one attached hydrogen (secondary N) is 2. The third-order valence-corrected chi connectivity index (χ3v) is 4.03. The van der Waals surface area contributed by atoms with E-state index in [2.05, 4.69) is 35.5 Å². The summed E-state index contributed by atoms with van der Waals surface area (Å²) in [6.45, 7) is 6.14. The maximum Gasteiger partial charge on any atom is 0.172 e. The van der Waals surface area contributed by atoms with Crippen LogP contribution in [-0.2, 0) is 0 Å². The molecule has 23 heavy (non-hydrogen) atoms. The molecule has 2 N–H and O–H groups in total. The molecule has 0 amide bonds. The van der Waals surface area contributed by atoms with Gasteiger partial charge in [0.2, 0.25) is 0 Å². The molecule has 0 fully saturated rings. The van der Waals surface area contributed by atoms with E-state index < -0.39 is 0 Å². The van der Waals surface area contributed by atoms with Crippen LogP contribution in [0.15, 0.2) is 42.5 Å². The second-order valence-electron chi connectivity index (χ2n) is 6.42. The first kappa shape index (κ1) is 15.7. The van der Waals surface area contributed by atoms with Gasteiger partial charge >= 0.3 is 0 Å². The van der Waals surface area contributed by atoms with E-state index in [1.165, 1.54) is 0 Å². The number of aryl methyl sites for hydroxylation is 1. The first-order chi connectivity index (χ1) is 10.9. The summed E-state index contributed by atoms with van der Waals surface area (Å²) in [6, 6.07) is 14.0. The molecule has 120 valence electrons. The van der Waals surface area contributed by atoms with Crippen LogP contribution in [0.5, 0.6) is 5.75 Å². The molecule has 4 nitrogen and oxygen atoms in total. The third-order valence-electron chi connectivity index (χ3n) is 3.81. The fourth-order valence-electron chi connectivity index (χ4n) is 2.85. The smallest absolute Gasteiger partial charge is 0.172 e. The van der Waals surface area contributed by atoms with E-state index in [1.54, 1.807) is 0 Å². The zero-order valence-electron chi connectivity index (χ0n) is 13.6. The average molecular weight is 327 g/mol. The maximum absolute atomic E-state index is 6.05. The molecule has 2 aromatic rings. The highest BCUT2D eigenvalue weighted by atomic mass is 32.1. The van der Waals surface area contributed by atoms with E-state index in [0.717, 1.165) is 29.2 Å². The van der Waals surface area contributed by atoms with E-state index in [-0.39, 0.29) is 11.6 Å². The minimum absolute atomic E-state index is 0.111. The van der Waals surface area contributed by atoms with E-state index in [0.29, 0.717) is 5.11 Å². The lowest BCUT2D eigenvalue weighted by atomic mass is 9.90. The molecule has 0 saturated carbocycles. The highest BCUT2D eigenvalue weighted by Crippen LogP contribution is 2.39. The zero-order chi connectivity index (χ0) is 16.4. The summed E-state index contributed by atoms with van der Waals surface area (Å²) in [6.07, 6.45) is 0.840. The van der Waals surface area contributed by atoms with Gasteiger partial charge in [0.05, 0.1) is 6.04 Å². The Kier molecular flexibility index (Phi) is 4.22.